The second kappa shape index (κ2) is 8.56. The lowest BCUT2D eigenvalue weighted by molar-refractivity contribution is -0.116. The molecule has 2 rings (SSSR count). The minimum atomic E-state index is -0.0968. The molecule has 1 aromatic heterocycles. The molecule has 0 bridgehead atoms. The van der Waals surface area contributed by atoms with E-state index in [0.717, 1.165) is 11.5 Å². The van der Waals surface area contributed by atoms with Gasteiger partial charge in [0, 0.05) is 24.0 Å². The molecule has 1 aromatic carbocycles. The van der Waals surface area contributed by atoms with Crippen LogP contribution in [0.5, 0.6) is 0 Å². The highest BCUT2D eigenvalue weighted by Gasteiger charge is 2.15. The molecule has 0 aliphatic heterocycles. The Hall–Kier alpha value is -1.49. The summed E-state index contributed by atoms with van der Waals surface area (Å²) in [6.07, 6.45) is 0.362. The number of anilines is 1. The van der Waals surface area contributed by atoms with Crippen LogP contribution in [-0.4, -0.2) is 23.4 Å². The van der Waals surface area contributed by atoms with Gasteiger partial charge in [-0.2, -0.15) is 0 Å². The Labute approximate surface area is 152 Å². The van der Waals surface area contributed by atoms with Gasteiger partial charge < -0.3 is 9.73 Å². The van der Waals surface area contributed by atoms with Gasteiger partial charge in [0.1, 0.15) is 11.5 Å². The molecule has 0 aliphatic rings. The fourth-order valence-electron chi connectivity index (χ4n) is 2.34. The van der Waals surface area contributed by atoms with Crippen molar-refractivity contribution in [1.82, 2.24) is 4.90 Å². The molecule has 24 heavy (non-hydrogen) atoms. The number of halogens is 2. The van der Waals surface area contributed by atoms with Crippen LogP contribution in [0.1, 0.15) is 31.8 Å². The number of furan rings is 1. The predicted molar refractivity (Wildman–Crippen MR) is 98.7 cm³/mol. The van der Waals surface area contributed by atoms with Crippen molar-refractivity contribution in [2.45, 2.75) is 39.8 Å². The van der Waals surface area contributed by atoms with E-state index in [0.29, 0.717) is 41.3 Å². The maximum absolute atomic E-state index is 12.2. The molecule has 0 atom stereocenters. The summed E-state index contributed by atoms with van der Waals surface area (Å²) in [5.74, 6) is 1.70. The summed E-state index contributed by atoms with van der Waals surface area (Å²) in [4.78, 5) is 14.4. The summed E-state index contributed by atoms with van der Waals surface area (Å²) in [6.45, 7) is 7.42. The van der Waals surface area contributed by atoms with Gasteiger partial charge in [0.15, 0.2) is 0 Å². The minimum Gasteiger partial charge on any atom is -0.465 e. The first-order valence-electron chi connectivity index (χ1n) is 7.89. The smallest absolute Gasteiger partial charge is 0.225 e. The van der Waals surface area contributed by atoms with E-state index in [4.69, 9.17) is 27.6 Å². The van der Waals surface area contributed by atoms with Gasteiger partial charge in [-0.1, -0.05) is 23.2 Å². The number of hydrogen-bond acceptors (Lipinski definition) is 3. The third kappa shape index (κ3) is 5.55. The van der Waals surface area contributed by atoms with E-state index >= 15 is 0 Å². The average molecular weight is 369 g/mol. The number of nitrogens with one attached hydrogen (secondary N) is 1. The zero-order valence-electron chi connectivity index (χ0n) is 14.1. The zero-order chi connectivity index (χ0) is 17.7. The molecule has 0 saturated carbocycles. The fourth-order valence-corrected chi connectivity index (χ4v) is 2.68. The minimum absolute atomic E-state index is 0.0968. The van der Waals surface area contributed by atoms with Gasteiger partial charge in [0.05, 0.1) is 17.3 Å². The van der Waals surface area contributed by atoms with E-state index in [1.165, 1.54) is 0 Å². The Balaban J connectivity index is 1.91. The lowest BCUT2D eigenvalue weighted by atomic mass is 10.2. The van der Waals surface area contributed by atoms with Gasteiger partial charge in [-0.3, -0.25) is 9.69 Å². The molecule has 0 fully saturated rings. The van der Waals surface area contributed by atoms with Gasteiger partial charge in [0.25, 0.3) is 0 Å². The van der Waals surface area contributed by atoms with Crippen molar-refractivity contribution in [3.8, 4) is 0 Å². The highest BCUT2D eigenvalue weighted by molar-refractivity contribution is 6.35. The van der Waals surface area contributed by atoms with E-state index < -0.39 is 0 Å². The monoisotopic (exact) mass is 368 g/mol. The van der Waals surface area contributed by atoms with Crippen LogP contribution in [0.25, 0.3) is 0 Å². The van der Waals surface area contributed by atoms with Crippen LogP contribution in [0.3, 0.4) is 0 Å². The van der Waals surface area contributed by atoms with Gasteiger partial charge in [-0.15, -0.1) is 0 Å². The molecule has 0 unspecified atom stereocenters. The number of amides is 1. The summed E-state index contributed by atoms with van der Waals surface area (Å²) in [7, 11) is 0. The Morgan fingerprint density at radius 2 is 2.00 bits per heavy atom. The number of benzene rings is 1. The summed E-state index contributed by atoms with van der Waals surface area (Å²) in [6, 6.07) is 9.22. The van der Waals surface area contributed by atoms with Crippen LogP contribution in [0.2, 0.25) is 10.0 Å². The van der Waals surface area contributed by atoms with E-state index in [2.05, 4.69) is 24.1 Å². The normalized spacial score (nSPS) is 11.3. The molecule has 1 N–H and O–H groups in total. The van der Waals surface area contributed by atoms with Crippen LogP contribution >= 0.6 is 23.2 Å². The first-order chi connectivity index (χ1) is 11.3. The molecule has 0 radical (unpaired) electrons. The molecule has 1 heterocycles. The van der Waals surface area contributed by atoms with Crippen LogP contribution in [0.4, 0.5) is 5.69 Å². The maximum Gasteiger partial charge on any atom is 0.225 e. The van der Waals surface area contributed by atoms with Crippen molar-refractivity contribution < 1.29 is 9.21 Å². The SMILES string of the molecule is Cc1ccc(CN(CCC(=O)Nc2cc(Cl)ccc2Cl)C(C)C)o1. The van der Waals surface area contributed by atoms with Crippen LogP contribution < -0.4 is 5.32 Å². The van der Waals surface area contributed by atoms with E-state index in [9.17, 15) is 4.79 Å². The average Bonchev–Trinajstić information content (AvgIpc) is 2.92. The van der Waals surface area contributed by atoms with Crippen molar-refractivity contribution in [1.29, 1.82) is 0 Å². The third-order valence-corrected chi connectivity index (χ3v) is 4.28. The van der Waals surface area contributed by atoms with Gasteiger partial charge in [-0.25, -0.2) is 0 Å². The van der Waals surface area contributed by atoms with Crippen LogP contribution in [-0.2, 0) is 11.3 Å². The van der Waals surface area contributed by atoms with Gasteiger partial charge >= 0.3 is 0 Å². The number of aryl methyl sites for hydroxylation is 1. The van der Waals surface area contributed by atoms with Crippen molar-refractivity contribution in [2.24, 2.45) is 0 Å². The third-order valence-electron chi connectivity index (χ3n) is 3.71. The fraction of sp³-hybridized carbons (Fsp3) is 0.389. The topological polar surface area (TPSA) is 45.5 Å². The Kier molecular flexibility index (Phi) is 6.72. The van der Waals surface area contributed by atoms with Crippen molar-refractivity contribution >= 4 is 34.8 Å². The molecule has 6 heteroatoms. The Morgan fingerprint density at radius 3 is 2.62 bits per heavy atom. The van der Waals surface area contributed by atoms with Gasteiger partial charge in [0.2, 0.25) is 5.91 Å². The highest BCUT2D eigenvalue weighted by Crippen LogP contribution is 2.25. The first kappa shape index (κ1) is 18.8. The summed E-state index contributed by atoms with van der Waals surface area (Å²) < 4.78 is 5.62. The lowest BCUT2D eigenvalue weighted by Crippen LogP contribution is -2.33. The Bertz CT molecular complexity index is 698. The van der Waals surface area contributed by atoms with E-state index in [1.807, 2.05) is 19.1 Å². The molecular formula is C18H22Cl2N2O2. The number of carbonyl (C=O) groups excluding carboxylic acids is 1. The molecule has 2 aromatic rings. The molecule has 1 amide bonds. The number of nitrogens with zero attached hydrogens (tertiary/aromatic N) is 1. The number of rotatable bonds is 7. The van der Waals surface area contributed by atoms with Crippen LogP contribution in [0, 0.1) is 6.92 Å². The summed E-state index contributed by atoms with van der Waals surface area (Å²) in [5.41, 5.74) is 0.534. The van der Waals surface area contributed by atoms with E-state index in [-0.39, 0.29) is 5.91 Å². The quantitative estimate of drug-likeness (QED) is 0.736. The Morgan fingerprint density at radius 1 is 1.25 bits per heavy atom. The summed E-state index contributed by atoms with van der Waals surface area (Å²) >= 11 is 12.0. The van der Waals surface area contributed by atoms with Crippen molar-refractivity contribution in [3.63, 3.8) is 0 Å². The van der Waals surface area contributed by atoms with E-state index in [1.54, 1.807) is 18.2 Å². The lowest BCUT2D eigenvalue weighted by Gasteiger charge is -2.25. The second-order valence-electron chi connectivity index (χ2n) is 6.00. The van der Waals surface area contributed by atoms with Crippen molar-refractivity contribution in [3.05, 3.63) is 51.9 Å². The second-order valence-corrected chi connectivity index (χ2v) is 6.84. The van der Waals surface area contributed by atoms with Crippen LogP contribution in [0.15, 0.2) is 34.7 Å². The molecule has 0 saturated heterocycles. The first-order valence-corrected chi connectivity index (χ1v) is 8.65. The van der Waals surface area contributed by atoms with Crippen molar-refractivity contribution in [2.75, 3.05) is 11.9 Å². The molecule has 0 spiro atoms. The molecular weight excluding hydrogens is 347 g/mol. The van der Waals surface area contributed by atoms with Gasteiger partial charge in [-0.05, 0) is 51.1 Å². The number of hydrogen-bond donors (Lipinski definition) is 1. The maximum atomic E-state index is 12.2. The standard InChI is InChI=1S/C18H22Cl2N2O2/c1-12(2)22(11-15-6-4-13(3)24-15)9-8-18(23)21-17-10-14(19)5-7-16(17)20/h4-7,10,12H,8-9,11H2,1-3H3,(H,21,23). The number of carbonyl (C=O) groups is 1. The largest absolute Gasteiger partial charge is 0.465 e. The molecule has 130 valence electrons. The molecule has 4 nitrogen and oxygen atoms in total. The highest BCUT2D eigenvalue weighted by atomic mass is 35.5. The summed E-state index contributed by atoms with van der Waals surface area (Å²) in [5, 5.41) is 3.81. The molecule has 0 aliphatic carbocycles. The zero-order valence-corrected chi connectivity index (χ0v) is 15.6. The predicted octanol–water partition coefficient (Wildman–Crippen LogP) is 5.13.